The number of aromatic nitrogens is 2. The van der Waals surface area contributed by atoms with Crippen molar-refractivity contribution in [3.8, 4) is 22.6 Å². The van der Waals surface area contributed by atoms with E-state index < -0.39 is 0 Å². The Labute approximate surface area is 235 Å². The topological polar surface area (TPSA) is 76.6 Å². The Kier molecular flexibility index (Phi) is 9.94. The number of nitrogens with zero attached hydrogens (tertiary/aromatic N) is 3. The molecular formula is C28H32Br2N4O3. The number of hydrogen-bond acceptors (Lipinski definition) is 6. The number of carbonyl (C=O) groups is 1. The average molecular weight is 632 g/mol. The van der Waals surface area contributed by atoms with Gasteiger partial charge in [-0.2, -0.15) is 0 Å². The molecule has 1 saturated heterocycles. The van der Waals surface area contributed by atoms with Crippen LogP contribution in [0, 0.1) is 5.92 Å². The zero-order chi connectivity index (χ0) is 26.2. The summed E-state index contributed by atoms with van der Waals surface area (Å²) in [5, 5.41) is 3.12. The third kappa shape index (κ3) is 7.75. The van der Waals surface area contributed by atoms with Gasteiger partial charge in [-0.1, -0.05) is 12.1 Å². The van der Waals surface area contributed by atoms with E-state index in [4.69, 9.17) is 9.47 Å². The molecule has 1 N–H and O–H groups in total. The maximum atomic E-state index is 12.5. The van der Waals surface area contributed by atoms with Crippen molar-refractivity contribution in [2.75, 3.05) is 33.9 Å². The molecule has 3 aromatic rings. The number of benzene rings is 2. The molecule has 9 heteroatoms. The zero-order valence-electron chi connectivity index (χ0n) is 21.2. The molecule has 1 fully saturated rings. The predicted molar refractivity (Wildman–Crippen MR) is 152 cm³/mol. The Hall–Kier alpha value is -2.49. The predicted octanol–water partition coefficient (Wildman–Crippen LogP) is 5.65. The second-order valence-corrected chi connectivity index (χ2v) is 11.0. The average Bonchev–Trinajstić information content (AvgIpc) is 2.93. The van der Waals surface area contributed by atoms with Gasteiger partial charge in [0.2, 0.25) is 5.91 Å². The van der Waals surface area contributed by atoms with E-state index in [0.29, 0.717) is 42.6 Å². The van der Waals surface area contributed by atoms with Gasteiger partial charge in [-0.3, -0.25) is 9.69 Å². The Morgan fingerprint density at radius 2 is 1.81 bits per heavy atom. The summed E-state index contributed by atoms with van der Waals surface area (Å²) in [7, 11) is 3.22. The van der Waals surface area contributed by atoms with Crippen LogP contribution in [0.2, 0.25) is 0 Å². The molecule has 37 heavy (non-hydrogen) atoms. The van der Waals surface area contributed by atoms with Crippen molar-refractivity contribution >= 4 is 37.8 Å². The van der Waals surface area contributed by atoms with Gasteiger partial charge in [-0.05, 0) is 92.6 Å². The van der Waals surface area contributed by atoms with Crippen LogP contribution in [0.1, 0.15) is 30.7 Å². The van der Waals surface area contributed by atoms with Gasteiger partial charge in [0, 0.05) is 59.4 Å². The van der Waals surface area contributed by atoms with Crippen LogP contribution >= 0.6 is 31.9 Å². The second-order valence-electron chi connectivity index (χ2n) is 9.25. The van der Waals surface area contributed by atoms with Gasteiger partial charge in [0.15, 0.2) is 11.5 Å². The molecule has 4 rings (SSSR count). The van der Waals surface area contributed by atoms with Crippen LogP contribution in [0.3, 0.4) is 0 Å². The normalized spacial score (nSPS) is 15.8. The van der Waals surface area contributed by atoms with E-state index in [1.54, 1.807) is 26.6 Å². The number of nitrogens with one attached hydrogen (secondary N) is 1. The summed E-state index contributed by atoms with van der Waals surface area (Å²) < 4.78 is 12.8. The minimum absolute atomic E-state index is 0.0431. The highest BCUT2D eigenvalue weighted by Crippen LogP contribution is 2.32. The molecule has 0 radical (unpaired) electrons. The smallest absolute Gasteiger partial charge is 0.220 e. The van der Waals surface area contributed by atoms with Crippen molar-refractivity contribution in [2.45, 2.75) is 32.2 Å². The highest BCUT2D eigenvalue weighted by Gasteiger charge is 2.21. The maximum Gasteiger partial charge on any atom is 0.220 e. The fourth-order valence-electron chi connectivity index (χ4n) is 4.58. The largest absolute Gasteiger partial charge is 0.493 e. The highest BCUT2D eigenvalue weighted by molar-refractivity contribution is 9.13. The van der Waals surface area contributed by atoms with Crippen LogP contribution in [0.25, 0.3) is 11.1 Å². The first kappa shape index (κ1) is 27.5. The van der Waals surface area contributed by atoms with Crippen molar-refractivity contribution in [2.24, 2.45) is 5.92 Å². The monoisotopic (exact) mass is 630 g/mol. The van der Waals surface area contributed by atoms with E-state index in [-0.39, 0.29) is 5.91 Å². The highest BCUT2D eigenvalue weighted by atomic mass is 79.9. The fraction of sp³-hybridized carbons (Fsp3) is 0.393. The number of rotatable bonds is 10. The van der Waals surface area contributed by atoms with Crippen molar-refractivity contribution in [3.05, 3.63) is 69.1 Å². The SMILES string of the molecule is COc1ccc(-c2cnc(CCC(=O)NCC3CCCN(Cc4ccc(Br)c(Br)c4)C3)nc2)cc1OC. The van der Waals surface area contributed by atoms with E-state index in [9.17, 15) is 4.79 Å². The Bertz CT molecular complexity index is 1210. The van der Waals surface area contributed by atoms with Crippen LogP contribution in [-0.2, 0) is 17.8 Å². The maximum absolute atomic E-state index is 12.5. The summed E-state index contributed by atoms with van der Waals surface area (Å²) in [6, 6.07) is 12.1. The summed E-state index contributed by atoms with van der Waals surface area (Å²) in [6.45, 7) is 3.72. The lowest BCUT2D eigenvalue weighted by molar-refractivity contribution is -0.121. The molecule has 2 aromatic carbocycles. The lowest BCUT2D eigenvalue weighted by Gasteiger charge is -2.33. The first-order chi connectivity index (χ1) is 17.9. The second kappa shape index (κ2) is 13.3. The molecule has 1 amide bonds. The molecule has 1 aromatic heterocycles. The zero-order valence-corrected chi connectivity index (χ0v) is 24.3. The number of amides is 1. The first-order valence-corrected chi connectivity index (χ1v) is 14.0. The van der Waals surface area contributed by atoms with Crippen molar-refractivity contribution in [1.29, 1.82) is 0 Å². The summed E-state index contributed by atoms with van der Waals surface area (Å²) >= 11 is 7.12. The Balaban J connectivity index is 1.22. The van der Waals surface area contributed by atoms with E-state index in [0.717, 1.165) is 52.5 Å². The molecular weight excluding hydrogens is 600 g/mol. The van der Waals surface area contributed by atoms with Crippen molar-refractivity contribution in [3.63, 3.8) is 0 Å². The number of piperidine rings is 1. The van der Waals surface area contributed by atoms with Gasteiger partial charge in [-0.15, -0.1) is 0 Å². The lowest BCUT2D eigenvalue weighted by Crippen LogP contribution is -2.40. The summed E-state index contributed by atoms with van der Waals surface area (Å²) in [4.78, 5) is 23.9. The third-order valence-electron chi connectivity index (χ3n) is 6.58. The number of aryl methyl sites for hydroxylation is 1. The standard InChI is InChI=1S/C28H32Br2N4O3/c1-36-25-8-6-21(13-26(25)37-2)22-15-31-27(32-16-22)9-10-28(35)33-14-20-4-3-11-34(18-20)17-19-5-7-23(29)24(30)12-19/h5-8,12-13,15-16,20H,3-4,9-11,14,17-18H2,1-2H3,(H,33,35). The number of methoxy groups -OCH3 is 2. The van der Waals surface area contributed by atoms with Gasteiger partial charge in [0.25, 0.3) is 0 Å². The minimum Gasteiger partial charge on any atom is -0.493 e. The van der Waals surface area contributed by atoms with Crippen LogP contribution in [0.5, 0.6) is 11.5 Å². The number of likely N-dealkylation sites (tertiary alicyclic amines) is 1. The summed E-state index contributed by atoms with van der Waals surface area (Å²) in [5.41, 5.74) is 3.11. The summed E-state index contributed by atoms with van der Waals surface area (Å²) in [5.74, 6) is 2.50. The fourth-order valence-corrected chi connectivity index (χ4v) is 5.25. The van der Waals surface area contributed by atoms with Gasteiger partial charge in [-0.25, -0.2) is 9.97 Å². The Morgan fingerprint density at radius 1 is 1.03 bits per heavy atom. The van der Waals surface area contributed by atoms with Crippen molar-refractivity contribution in [1.82, 2.24) is 20.2 Å². The number of carbonyl (C=O) groups excluding carboxylic acids is 1. The third-order valence-corrected chi connectivity index (χ3v) is 8.46. The molecule has 196 valence electrons. The quantitative estimate of drug-likeness (QED) is 0.312. The number of halogens is 2. The molecule has 1 aliphatic rings. The van der Waals surface area contributed by atoms with E-state index in [1.807, 2.05) is 18.2 Å². The van der Waals surface area contributed by atoms with E-state index >= 15 is 0 Å². The Morgan fingerprint density at radius 3 is 2.54 bits per heavy atom. The molecule has 0 spiro atoms. The van der Waals surface area contributed by atoms with Gasteiger partial charge in [0.05, 0.1) is 14.2 Å². The van der Waals surface area contributed by atoms with Crippen LogP contribution in [0.15, 0.2) is 57.7 Å². The van der Waals surface area contributed by atoms with Crippen LogP contribution in [-0.4, -0.2) is 54.6 Å². The minimum atomic E-state index is 0.0431. The number of hydrogen-bond donors (Lipinski definition) is 1. The van der Waals surface area contributed by atoms with E-state index in [2.05, 4.69) is 70.2 Å². The lowest BCUT2D eigenvalue weighted by atomic mass is 9.97. The van der Waals surface area contributed by atoms with Crippen molar-refractivity contribution < 1.29 is 14.3 Å². The number of ether oxygens (including phenoxy) is 2. The van der Waals surface area contributed by atoms with Gasteiger partial charge < -0.3 is 14.8 Å². The molecule has 2 heterocycles. The molecule has 1 aliphatic heterocycles. The van der Waals surface area contributed by atoms with Gasteiger partial charge in [0.1, 0.15) is 5.82 Å². The summed E-state index contributed by atoms with van der Waals surface area (Å²) in [6.07, 6.45) is 6.73. The molecule has 1 atom stereocenters. The van der Waals surface area contributed by atoms with E-state index in [1.165, 1.54) is 5.56 Å². The van der Waals surface area contributed by atoms with Crippen LogP contribution < -0.4 is 14.8 Å². The molecule has 0 aliphatic carbocycles. The molecule has 7 nitrogen and oxygen atoms in total. The van der Waals surface area contributed by atoms with Gasteiger partial charge >= 0.3 is 0 Å². The molecule has 0 bridgehead atoms. The molecule has 1 unspecified atom stereocenters. The first-order valence-electron chi connectivity index (χ1n) is 12.4. The van der Waals surface area contributed by atoms with Crippen LogP contribution in [0.4, 0.5) is 0 Å². The molecule has 0 saturated carbocycles.